The van der Waals surface area contributed by atoms with Crippen LogP contribution in [0.5, 0.6) is 0 Å². The lowest BCUT2D eigenvalue weighted by molar-refractivity contribution is -0.126. The molecule has 1 saturated carbocycles. The van der Waals surface area contributed by atoms with Gasteiger partial charge in [-0.05, 0) is 12.8 Å². The number of rotatable bonds is 2. The molecule has 0 aromatic rings. The first-order chi connectivity index (χ1) is 8.18. The molecule has 0 radical (unpaired) electrons. The average Bonchev–Trinajstić information content (AvgIpc) is 2.63. The second-order valence-corrected chi connectivity index (χ2v) is 5.13. The predicted molar refractivity (Wildman–Crippen MR) is 63.3 cm³/mol. The summed E-state index contributed by atoms with van der Waals surface area (Å²) < 4.78 is 5.18. The van der Waals surface area contributed by atoms with Crippen molar-refractivity contribution >= 4 is 5.91 Å². The zero-order valence-electron chi connectivity index (χ0n) is 10.1. The second-order valence-electron chi connectivity index (χ2n) is 5.13. The van der Waals surface area contributed by atoms with Crippen LogP contribution in [0, 0.1) is 5.92 Å². The van der Waals surface area contributed by atoms with Crippen molar-refractivity contribution in [1.29, 1.82) is 0 Å². The molecule has 0 aromatic heterocycles. The third kappa shape index (κ3) is 3.18. The number of ether oxygens (including phenoxy) is 1. The van der Waals surface area contributed by atoms with E-state index in [0.717, 1.165) is 32.1 Å². The molecule has 2 rings (SSSR count). The van der Waals surface area contributed by atoms with Crippen LogP contribution in [0.25, 0.3) is 0 Å². The highest BCUT2D eigenvalue weighted by Crippen LogP contribution is 2.19. The number of aliphatic hydroxyl groups excluding tert-OH is 1. The Labute approximate surface area is 102 Å². The van der Waals surface area contributed by atoms with Gasteiger partial charge >= 0.3 is 0 Å². The number of carbonyl (C=O) groups is 1. The first-order valence-electron chi connectivity index (χ1n) is 6.50. The zero-order chi connectivity index (χ0) is 12.3. The smallest absolute Gasteiger partial charge is 0.227 e. The molecule has 1 heterocycles. The van der Waals surface area contributed by atoms with Crippen LogP contribution in [-0.2, 0) is 9.53 Å². The largest absolute Gasteiger partial charge is 0.391 e. The quantitative estimate of drug-likeness (QED) is 0.584. The number of hydrogen-bond acceptors (Lipinski definition) is 4. The van der Waals surface area contributed by atoms with Gasteiger partial charge in [-0.3, -0.25) is 4.79 Å². The Morgan fingerprint density at radius 1 is 1.24 bits per heavy atom. The summed E-state index contributed by atoms with van der Waals surface area (Å²) in [4.78, 5) is 12.0. The van der Waals surface area contributed by atoms with Crippen LogP contribution in [0.1, 0.15) is 32.1 Å². The minimum Gasteiger partial charge on any atom is -0.391 e. The average molecular weight is 242 g/mol. The first-order valence-corrected chi connectivity index (χ1v) is 6.50. The van der Waals surface area contributed by atoms with Crippen molar-refractivity contribution in [2.45, 2.75) is 50.3 Å². The van der Waals surface area contributed by atoms with E-state index >= 15 is 0 Å². The van der Waals surface area contributed by atoms with Crippen molar-refractivity contribution in [3.63, 3.8) is 0 Å². The minimum atomic E-state index is -0.417. The van der Waals surface area contributed by atoms with E-state index in [0.29, 0.717) is 13.2 Å². The van der Waals surface area contributed by atoms with Crippen LogP contribution >= 0.6 is 0 Å². The highest BCUT2D eigenvalue weighted by molar-refractivity contribution is 5.80. The molecule has 17 heavy (non-hydrogen) atoms. The molecule has 1 aliphatic carbocycles. The predicted octanol–water partition coefficient (Wildman–Crippen LogP) is -0.230. The van der Waals surface area contributed by atoms with Crippen LogP contribution in [0.2, 0.25) is 0 Å². The van der Waals surface area contributed by atoms with Gasteiger partial charge in [0.2, 0.25) is 5.91 Å². The first kappa shape index (κ1) is 12.8. The van der Waals surface area contributed by atoms with Gasteiger partial charge in [0.05, 0.1) is 31.3 Å². The van der Waals surface area contributed by atoms with Crippen molar-refractivity contribution in [3.8, 4) is 0 Å². The number of hydrogen-bond donors (Lipinski definition) is 3. The Hall–Kier alpha value is -0.650. The van der Waals surface area contributed by atoms with Crippen molar-refractivity contribution < 1.29 is 14.6 Å². The highest BCUT2D eigenvalue weighted by Gasteiger charge is 2.33. The molecular weight excluding hydrogens is 220 g/mol. The molecule has 0 aromatic carbocycles. The summed E-state index contributed by atoms with van der Waals surface area (Å²) in [6.45, 7) is 0.848. The van der Waals surface area contributed by atoms with Gasteiger partial charge in [0.15, 0.2) is 0 Å². The summed E-state index contributed by atoms with van der Waals surface area (Å²) in [6, 6.07) is -0.323. The summed E-state index contributed by atoms with van der Waals surface area (Å²) >= 11 is 0. The molecule has 98 valence electrons. The lowest BCUT2D eigenvalue weighted by Gasteiger charge is -2.24. The summed E-state index contributed by atoms with van der Waals surface area (Å²) in [5, 5.41) is 12.9. The fraction of sp³-hybridized carbons (Fsp3) is 0.917. The summed E-state index contributed by atoms with van der Waals surface area (Å²) in [5.74, 6) is -0.327. The number of amides is 1. The van der Waals surface area contributed by atoms with Gasteiger partial charge in [-0.2, -0.15) is 0 Å². The fourth-order valence-electron chi connectivity index (χ4n) is 2.59. The summed E-state index contributed by atoms with van der Waals surface area (Å²) in [6.07, 6.45) is 4.46. The third-order valence-corrected chi connectivity index (χ3v) is 3.77. The monoisotopic (exact) mass is 242 g/mol. The van der Waals surface area contributed by atoms with E-state index in [1.165, 1.54) is 0 Å². The summed E-state index contributed by atoms with van der Waals surface area (Å²) in [5.41, 5.74) is 5.80. The number of nitrogens with two attached hydrogens (primary N) is 1. The van der Waals surface area contributed by atoms with Crippen molar-refractivity contribution in [2.75, 3.05) is 13.2 Å². The molecule has 4 unspecified atom stereocenters. The van der Waals surface area contributed by atoms with Gasteiger partial charge in [0.1, 0.15) is 0 Å². The molecule has 0 bridgehead atoms. The van der Waals surface area contributed by atoms with Crippen molar-refractivity contribution in [3.05, 3.63) is 0 Å². The minimum absolute atomic E-state index is 0.0686. The molecule has 5 nitrogen and oxygen atoms in total. The Morgan fingerprint density at radius 2 is 2.00 bits per heavy atom. The van der Waals surface area contributed by atoms with Gasteiger partial charge < -0.3 is 20.9 Å². The van der Waals surface area contributed by atoms with Crippen LogP contribution in [0.15, 0.2) is 0 Å². The lowest BCUT2D eigenvalue weighted by Crippen LogP contribution is -2.48. The maximum absolute atomic E-state index is 12.0. The van der Waals surface area contributed by atoms with Gasteiger partial charge in [-0.15, -0.1) is 0 Å². The summed E-state index contributed by atoms with van der Waals surface area (Å²) in [7, 11) is 0. The molecule has 0 spiro atoms. The van der Waals surface area contributed by atoms with Crippen molar-refractivity contribution in [1.82, 2.24) is 5.32 Å². The normalized spacial score (nSPS) is 38.7. The van der Waals surface area contributed by atoms with E-state index in [2.05, 4.69) is 5.32 Å². The molecular formula is C12H22N2O3. The van der Waals surface area contributed by atoms with Crippen LogP contribution in [0.4, 0.5) is 0 Å². The Kier molecular flexibility index (Phi) is 4.36. The number of nitrogens with one attached hydrogen (secondary N) is 1. The second kappa shape index (κ2) is 5.80. The van der Waals surface area contributed by atoms with Crippen LogP contribution in [-0.4, -0.2) is 42.4 Å². The SMILES string of the molecule is NC1COCC1C(=O)NC1CCCCCC1O. The van der Waals surface area contributed by atoms with Gasteiger partial charge in [-0.1, -0.05) is 19.3 Å². The molecule has 2 aliphatic rings. The highest BCUT2D eigenvalue weighted by atomic mass is 16.5. The number of carbonyl (C=O) groups excluding carboxylic acids is 1. The Bertz CT molecular complexity index is 272. The lowest BCUT2D eigenvalue weighted by atomic mass is 10.0. The molecule has 1 aliphatic heterocycles. The molecule has 4 N–H and O–H groups in total. The van der Waals surface area contributed by atoms with E-state index in [1.807, 2.05) is 0 Å². The molecule has 1 saturated heterocycles. The van der Waals surface area contributed by atoms with E-state index in [4.69, 9.17) is 10.5 Å². The molecule has 4 atom stereocenters. The van der Waals surface area contributed by atoms with Crippen molar-refractivity contribution in [2.24, 2.45) is 11.7 Å². The van der Waals surface area contributed by atoms with Crippen LogP contribution in [0.3, 0.4) is 0 Å². The third-order valence-electron chi connectivity index (χ3n) is 3.77. The Morgan fingerprint density at radius 3 is 2.71 bits per heavy atom. The fourth-order valence-corrected chi connectivity index (χ4v) is 2.59. The van der Waals surface area contributed by atoms with Crippen LogP contribution < -0.4 is 11.1 Å². The standard InChI is InChI=1S/C12H22N2O3/c13-9-7-17-6-8(9)12(16)14-10-4-2-1-3-5-11(10)15/h8-11,15H,1-7,13H2,(H,14,16). The maximum atomic E-state index is 12.0. The molecule has 5 heteroatoms. The topological polar surface area (TPSA) is 84.6 Å². The Balaban J connectivity index is 1.88. The van der Waals surface area contributed by atoms with Gasteiger partial charge in [-0.25, -0.2) is 0 Å². The van der Waals surface area contributed by atoms with E-state index in [1.54, 1.807) is 0 Å². The van der Waals surface area contributed by atoms with Gasteiger partial charge in [0.25, 0.3) is 0 Å². The van der Waals surface area contributed by atoms with E-state index in [9.17, 15) is 9.90 Å². The number of aliphatic hydroxyl groups is 1. The van der Waals surface area contributed by atoms with E-state index < -0.39 is 6.10 Å². The maximum Gasteiger partial charge on any atom is 0.227 e. The van der Waals surface area contributed by atoms with E-state index in [-0.39, 0.29) is 23.9 Å². The molecule has 1 amide bonds. The zero-order valence-corrected chi connectivity index (χ0v) is 10.1. The molecule has 2 fully saturated rings. The van der Waals surface area contributed by atoms with Gasteiger partial charge in [0, 0.05) is 6.04 Å².